The van der Waals surface area contributed by atoms with E-state index in [0.29, 0.717) is 12.3 Å². The summed E-state index contributed by atoms with van der Waals surface area (Å²) in [6, 6.07) is 5.67. The summed E-state index contributed by atoms with van der Waals surface area (Å²) < 4.78 is 11.5. The number of aliphatic hydroxyl groups is 1. The highest BCUT2D eigenvalue weighted by Crippen LogP contribution is 2.46. The molecule has 2 aliphatic heterocycles. The lowest BCUT2D eigenvalue weighted by Crippen LogP contribution is -2.55. The fraction of sp³-hybridized carbons (Fsp3) is 0.600. The zero-order valence-electron chi connectivity index (χ0n) is 11.5. The predicted molar refractivity (Wildman–Crippen MR) is 72.6 cm³/mol. The van der Waals surface area contributed by atoms with E-state index in [1.807, 2.05) is 18.2 Å². The van der Waals surface area contributed by atoms with Gasteiger partial charge in [0.25, 0.3) is 0 Å². The Balaban J connectivity index is 1.95. The lowest BCUT2D eigenvalue weighted by Gasteiger charge is -2.47. The minimum atomic E-state index is -0.473. The van der Waals surface area contributed by atoms with Gasteiger partial charge in [-0.25, -0.2) is 0 Å². The summed E-state index contributed by atoms with van der Waals surface area (Å²) in [5, 5.41) is 13.8. The van der Waals surface area contributed by atoms with Crippen LogP contribution in [-0.2, 0) is 0 Å². The molecule has 1 spiro atoms. The van der Waals surface area contributed by atoms with Crippen LogP contribution in [0.4, 0.5) is 0 Å². The lowest BCUT2D eigenvalue weighted by atomic mass is 9.76. The van der Waals surface area contributed by atoms with Crippen molar-refractivity contribution in [2.24, 2.45) is 5.92 Å². The average molecular weight is 263 g/mol. The zero-order chi connectivity index (χ0) is 13.5. The third kappa shape index (κ3) is 2.09. The van der Waals surface area contributed by atoms with Crippen molar-refractivity contribution < 1.29 is 14.6 Å². The highest BCUT2D eigenvalue weighted by molar-refractivity contribution is 5.43. The second kappa shape index (κ2) is 4.69. The number of aliphatic hydroxyl groups excluding tert-OH is 1. The van der Waals surface area contributed by atoms with E-state index < -0.39 is 6.10 Å². The molecule has 0 saturated carbocycles. The van der Waals surface area contributed by atoms with Gasteiger partial charge in [-0.1, -0.05) is 6.92 Å². The van der Waals surface area contributed by atoms with Crippen molar-refractivity contribution in [3.8, 4) is 11.5 Å². The molecule has 3 rings (SSSR count). The first-order valence-electron chi connectivity index (χ1n) is 6.90. The number of benzene rings is 1. The maximum atomic E-state index is 10.5. The van der Waals surface area contributed by atoms with E-state index in [1.165, 1.54) is 0 Å². The van der Waals surface area contributed by atoms with Crippen molar-refractivity contribution in [3.05, 3.63) is 23.8 Å². The Kier molecular flexibility index (Phi) is 3.15. The Hall–Kier alpha value is -1.26. The third-order valence-corrected chi connectivity index (χ3v) is 4.50. The van der Waals surface area contributed by atoms with Crippen molar-refractivity contribution in [1.82, 2.24) is 5.32 Å². The standard InChI is InChI=1S/C15H21NO3/c1-10-9-16-6-5-15(10)8-13(17)12-7-11(18-2)3-4-14(12)19-15/h3-4,7,10,13,16-17H,5-6,8-9H2,1-2H3. The molecule has 4 heteroatoms. The first kappa shape index (κ1) is 12.8. The van der Waals surface area contributed by atoms with Crippen LogP contribution >= 0.6 is 0 Å². The van der Waals surface area contributed by atoms with Crippen molar-refractivity contribution >= 4 is 0 Å². The first-order valence-corrected chi connectivity index (χ1v) is 6.90. The van der Waals surface area contributed by atoms with E-state index in [-0.39, 0.29) is 5.60 Å². The predicted octanol–water partition coefficient (Wildman–Crippen LogP) is 1.88. The molecule has 0 aliphatic carbocycles. The van der Waals surface area contributed by atoms with Gasteiger partial charge in [0, 0.05) is 24.4 Å². The Labute approximate surface area is 113 Å². The molecule has 1 saturated heterocycles. The molecule has 0 amide bonds. The molecular formula is C15H21NO3. The minimum absolute atomic E-state index is 0.230. The molecule has 1 fully saturated rings. The van der Waals surface area contributed by atoms with Crippen LogP contribution in [0, 0.1) is 5.92 Å². The van der Waals surface area contributed by atoms with E-state index in [1.54, 1.807) is 7.11 Å². The molecular weight excluding hydrogens is 242 g/mol. The molecule has 2 N–H and O–H groups in total. The SMILES string of the molecule is COc1ccc2c(c1)C(O)CC1(CCNCC1C)O2. The normalized spacial score (nSPS) is 33.6. The topological polar surface area (TPSA) is 50.7 Å². The first-order chi connectivity index (χ1) is 9.14. The molecule has 3 unspecified atom stereocenters. The summed E-state index contributed by atoms with van der Waals surface area (Å²) >= 11 is 0. The Morgan fingerprint density at radius 3 is 3.05 bits per heavy atom. The lowest BCUT2D eigenvalue weighted by molar-refractivity contribution is -0.0660. The summed E-state index contributed by atoms with van der Waals surface area (Å²) in [5.74, 6) is 1.95. The molecule has 0 bridgehead atoms. The fourth-order valence-corrected chi connectivity index (χ4v) is 3.21. The molecule has 1 aromatic carbocycles. The highest BCUT2D eigenvalue weighted by Gasteiger charge is 2.45. The van der Waals surface area contributed by atoms with Gasteiger partial charge in [0.15, 0.2) is 0 Å². The molecule has 104 valence electrons. The Morgan fingerprint density at radius 2 is 2.32 bits per heavy atom. The van der Waals surface area contributed by atoms with Crippen LogP contribution in [0.3, 0.4) is 0 Å². The van der Waals surface area contributed by atoms with Crippen molar-refractivity contribution in [1.29, 1.82) is 0 Å². The van der Waals surface area contributed by atoms with Crippen molar-refractivity contribution in [3.63, 3.8) is 0 Å². The number of ether oxygens (including phenoxy) is 2. The second-order valence-electron chi connectivity index (χ2n) is 5.65. The van der Waals surface area contributed by atoms with Crippen LogP contribution in [-0.4, -0.2) is 30.9 Å². The van der Waals surface area contributed by atoms with Gasteiger partial charge in [-0.3, -0.25) is 0 Å². The van der Waals surface area contributed by atoms with E-state index >= 15 is 0 Å². The smallest absolute Gasteiger partial charge is 0.126 e. The number of rotatable bonds is 1. The number of methoxy groups -OCH3 is 1. The number of nitrogens with one attached hydrogen (secondary N) is 1. The van der Waals surface area contributed by atoms with E-state index in [4.69, 9.17) is 9.47 Å². The van der Waals surface area contributed by atoms with Crippen molar-refractivity contribution in [2.75, 3.05) is 20.2 Å². The largest absolute Gasteiger partial charge is 0.497 e. The van der Waals surface area contributed by atoms with Gasteiger partial charge in [0.2, 0.25) is 0 Å². The van der Waals surface area contributed by atoms with Gasteiger partial charge >= 0.3 is 0 Å². The molecule has 2 aliphatic rings. The van der Waals surface area contributed by atoms with Crippen LogP contribution < -0.4 is 14.8 Å². The number of hydrogen-bond donors (Lipinski definition) is 2. The molecule has 4 nitrogen and oxygen atoms in total. The zero-order valence-corrected chi connectivity index (χ0v) is 11.5. The molecule has 1 aromatic rings. The molecule has 3 atom stereocenters. The van der Waals surface area contributed by atoms with Crippen molar-refractivity contribution in [2.45, 2.75) is 31.5 Å². The molecule has 0 aromatic heterocycles. The highest BCUT2D eigenvalue weighted by atomic mass is 16.5. The van der Waals surface area contributed by atoms with Gasteiger partial charge < -0.3 is 19.9 Å². The number of piperidine rings is 1. The van der Waals surface area contributed by atoms with Gasteiger partial charge in [0.1, 0.15) is 17.1 Å². The number of fused-ring (bicyclic) bond motifs is 1. The van der Waals surface area contributed by atoms with E-state index in [9.17, 15) is 5.11 Å². The average Bonchev–Trinajstić information content (AvgIpc) is 2.42. The van der Waals surface area contributed by atoms with Gasteiger partial charge in [-0.05, 0) is 31.2 Å². The number of hydrogen-bond acceptors (Lipinski definition) is 4. The van der Waals surface area contributed by atoms with Crippen LogP contribution in [0.15, 0.2) is 18.2 Å². The van der Waals surface area contributed by atoms with Crippen LogP contribution in [0.25, 0.3) is 0 Å². The summed E-state index contributed by atoms with van der Waals surface area (Å²) in [7, 11) is 1.63. The van der Waals surface area contributed by atoms with Gasteiger partial charge in [0.05, 0.1) is 13.2 Å². The minimum Gasteiger partial charge on any atom is -0.497 e. The third-order valence-electron chi connectivity index (χ3n) is 4.50. The Morgan fingerprint density at radius 1 is 1.47 bits per heavy atom. The van der Waals surface area contributed by atoms with Gasteiger partial charge in [-0.15, -0.1) is 0 Å². The van der Waals surface area contributed by atoms with Crippen LogP contribution in [0.1, 0.15) is 31.4 Å². The monoisotopic (exact) mass is 263 g/mol. The summed E-state index contributed by atoms with van der Waals surface area (Å²) in [5.41, 5.74) is 0.613. The van der Waals surface area contributed by atoms with Crippen LogP contribution in [0.5, 0.6) is 11.5 Å². The van der Waals surface area contributed by atoms with E-state index in [0.717, 1.165) is 36.6 Å². The summed E-state index contributed by atoms with van der Waals surface area (Å²) in [4.78, 5) is 0. The fourth-order valence-electron chi connectivity index (χ4n) is 3.21. The summed E-state index contributed by atoms with van der Waals surface area (Å²) in [6.45, 7) is 4.08. The van der Waals surface area contributed by atoms with Gasteiger partial charge in [-0.2, -0.15) is 0 Å². The summed E-state index contributed by atoms with van der Waals surface area (Å²) in [6.07, 6.45) is 1.13. The Bertz CT molecular complexity index is 476. The molecule has 2 heterocycles. The van der Waals surface area contributed by atoms with Crippen LogP contribution in [0.2, 0.25) is 0 Å². The molecule has 19 heavy (non-hydrogen) atoms. The maximum absolute atomic E-state index is 10.5. The molecule has 0 radical (unpaired) electrons. The van der Waals surface area contributed by atoms with E-state index in [2.05, 4.69) is 12.2 Å². The second-order valence-corrected chi connectivity index (χ2v) is 5.65. The quantitative estimate of drug-likeness (QED) is 0.812. The maximum Gasteiger partial charge on any atom is 0.126 e.